The molecule has 0 radical (unpaired) electrons. The molecule has 1 heterocycles. The maximum absolute atomic E-state index is 12.5. The number of ether oxygens (including phenoxy) is 1. The largest absolute Gasteiger partial charge is 0.435 e. The van der Waals surface area contributed by atoms with Gasteiger partial charge in [0.15, 0.2) is 0 Å². The first kappa shape index (κ1) is 22.3. The molecule has 2 aromatic rings. The molecule has 2 rings (SSSR count). The van der Waals surface area contributed by atoms with Gasteiger partial charge < -0.3 is 26.2 Å². The summed E-state index contributed by atoms with van der Waals surface area (Å²) in [5.74, 6) is -1.30. The van der Waals surface area contributed by atoms with Crippen LogP contribution in [0.2, 0.25) is 0 Å². The SMILES string of the molecule is C=CC(C=N)(C=N)NC(=O)c1cc(NC(=O)Cc2ccccc2OC(F)F)ccn1. The molecule has 0 aliphatic rings. The van der Waals surface area contributed by atoms with Crippen molar-refractivity contribution >= 4 is 29.9 Å². The normalized spacial score (nSPS) is 12.4. The molecular weight excluding hydrogens is 396 g/mol. The first-order valence-electron chi connectivity index (χ1n) is 8.60. The molecule has 10 heteroatoms. The molecule has 0 atom stereocenters. The number of benzene rings is 1. The number of hydrogen-bond donors (Lipinski definition) is 4. The van der Waals surface area contributed by atoms with Crippen LogP contribution in [0.15, 0.2) is 55.3 Å². The Morgan fingerprint density at radius 3 is 2.57 bits per heavy atom. The van der Waals surface area contributed by atoms with Gasteiger partial charge in [-0.05, 0) is 18.2 Å². The van der Waals surface area contributed by atoms with Crippen LogP contribution in [0.4, 0.5) is 14.5 Å². The average molecular weight is 415 g/mol. The summed E-state index contributed by atoms with van der Waals surface area (Å²) < 4.78 is 29.4. The lowest BCUT2D eigenvalue weighted by Gasteiger charge is -2.21. The minimum atomic E-state index is -3.01. The van der Waals surface area contributed by atoms with Crippen LogP contribution in [-0.2, 0) is 11.2 Å². The second-order valence-corrected chi connectivity index (χ2v) is 6.02. The van der Waals surface area contributed by atoms with Gasteiger partial charge in [-0.2, -0.15) is 8.78 Å². The topological polar surface area (TPSA) is 128 Å². The number of nitrogens with zero attached hydrogens (tertiary/aromatic N) is 1. The van der Waals surface area contributed by atoms with Gasteiger partial charge in [0.1, 0.15) is 17.0 Å². The number of aromatic nitrogens is 1. The van der Waals surface area contributed by atoms with Crippen molar-refractivity contribution in [3.05, 3.63) is 66.5 Å². The molecule has 0 spiro atoms. The van der Waals surface area contributed by atoms with E-state index in [9.17, 15) is 18.4 Å². The lowest BCUT2D eigenvalue weighted by atomic mass is 10.0. The summed E-state index contributed by atoms with van der Waals surface area (Å²) in [7, 11) is 0. The molecule has 0 saturated heterocycles. The third-order valence-corrected chi connectivity index (χ3v) is 3.96. The fraction of sp³-hybridized carbons (Fsp3) is 0.150. The molecule has 2 amide bonds. The molecule has 0 saturated carbocycles. The number of amides is 2. The zero-order valence-electron chi connectivity index (χ0n) is 15.7. The summed E-state index contributed by atoms with van der Waals surface area (Å²) in [6.45, 7) is 0.478. The summed E-state index contributed by atoms with van der Waals surface area (Å²) in [4.78, 5) is 28.6. The van der Waals surface area contributed by atoms with Gasteiger partial charge >= 0.3 is 6.61 Å². The number of para-hydroxylation sites is 1. The van der Waals surface area contributed by atoms with E-state index >= 15 is 0 Å². The standard InChI is InChI=1S/C20H19F2N5O3/c1-2-20(11-23,12-24)27-18(29)15-10-14(7-8-25-15)26-17(28)9-13-5-3-4-6-16(13)30-19(21)22/h2-8,10-12,19,23-24H,1,9H2,(H,27,29)(H,25,26,28). The Bertz CT molecular complexity index is 943. The van der Waals surface area contributed by atoms with Crippen molar-refractivity contribution < 1.29 is 23.1 Å². The van der Waals surface area contributed by atoms with E-state index in [4.69, 9.17) is 10.8 Å². The van der Waals surface area contributed by atoms with Crippen LogP contribution in [0.25, 0.3) is 0 Å². The highest BCUT2D eigenvalue weighted by Gasteiger charge is 2.24. The Kier molecular flexibility index (Phi) is 7.45. The van der Waals surface area contributed by atoms with Gasteiger partial charge in [0.05, 0.1) is 6.42 Å². The van der Waals surface area contributed by atoms with Crippen LogP contribution < -0.4 is 15.4 Å². The first-order chi connectivity index (χ1) is 14.3. The summed E-state index contributed by atoms with van der Waals surface area (Å²) in [5, 5.41) is 19.7. The Balaban J connectivity index is 2.11. The van der Waals surface area contributed by atoms with Crippen molar-refractivity contribution in [2.75, 3.05) is 5.32 Å². The van der Waals surface area contributed by atoms with Crippen LogP contribution in [0.3, 0.4) is 0 Å². The number of carbonyl (C=O) groups is 2. The van der Waals surface area contributed by atoms with Crippen molar-refractivity contribution in [3.8, 4) is 5.75 Å². The molecule has 0 bridgehead atoms. The maximum atomic E-state index is 12.5. The quantitative estimate of drug-likeness (QED) is 0.351. The van der Waals surface area contributed by atoms with Gasteiger partial charge in [0, 0.05) is 29.9 Å². The number of carbonyl (C=O) groups excluding carboxylic acids is 2. The van der Waals surface area contributed by atoms with E-state index in [2.05, 4.69) is 26.9 Å². The van der Waals surface area contributed by atoms with Crippen molar-refractivity contribution in [2.24, 2.45) is 0 Å². The Labute approximate surface area is 171 Å². The molecule has 0 aliphatic carbocycles. The number of pyridine rings is 1. The molecule has 8 nitrogen and oxygen atoms in total. The molecule has 4 N–H and O–H groups in total. The van der Waals surface area contributed by atoms with Crippen LogP contribution in [-0.4, -0.2) is 41.4 Å². The third kappa shape index (κ3) is 5.77. The van der Waals surface area contributed by atoms with E-state index in [-0.39, 0.29) is 29.1 Å². The summed E-state index contributed by atoms with van der Waals surface area (Å²) >= 11 is 0. The smallest absolute Gasteiger partial charge is 0.387 e. The van der Waals surface area contributed by atoms with Gasteiger partial charge in [-0.15, -0.1) is 0 Å². The number of anilines is 1. The zero-order valence-corrected chi connectivity index (χ0v) is 15.7. The van der Waals surface area contributed by atoms with Gasteiger partial charge in [-0.1, -0.05) is 30.9 Å². The summed E-state index contributed by atoms with van der Waals surface area (Å²) in [6, 6.07) is 8.68. The van der Waals surface area contributed by atoms with E-state index in [0.717, 1.165) is 12.4 Å². The van der Waals surface area contributed by atoms with Gasteiger partial charge in [0.25, 0.3) is 5.91 Å². The van der Waals surface area contributed by atoms with Crippen molar-refractivity contribution in [3.63, 3.8) is 0 Å². The second-order valence-electron chi connectivity index (χ2n) is 6.02. The minimum Gasteiger partial charge on any atom is -0.435 e. The molecule has 0 aliphatic heterocycles. The van der Waals surface area contributed by atoms with E-state index in [0.29, 0.717) is 0 Å². The minimum absolute atomic E-state index is 0.0656. The maximum Gasteiger partial charge on any atom is 0.387 e. The monoisotopic (exact) mass is 415 g/mol. The number of nitrogens with one attached hydrogen (secondary N) is 4. The van der Waals surface area contributed by atoms with E-state index in [1.165, 1.54) is 42.6 Å². The highest BCUT2D eigenvalue weighted by Crippen LogP contribution is 2.21. The molecule has 156 valence electrons. The Morgan fingerprint density at radius 2 is 1.93 bits per heavy atom. The van der Waals surface area contributed by atoms with Crippen LogP contribution in [0.1, 0.15) is 16.1 Å². The van der Waals surface area contributed by atoms with Crippen molar-refractivity contribution in [1.82, 2.24) is 10.3 Å². The van der Waals surface area contributed by atoms with Gasteiger partial charge in [-0.3, -0.25) is 14.6 Å². The summed E-state index contributed by atoms with van der Waals surface area (Å²) in [6.07, 6.45) is 3.97. The van der Waals surface area contributed by atoms with Crippen LogP contribution >= 0.6 is 0 Å². The van der Waals surface area contributed by atoms with Crippen LogP contribution in [0, 0.1) is 10.8 Å². The second kappa shape index (κ2) is 10.0. The Morgan fingerprint density at radius 1 is 1.23 bits per heavy atom. The predicted octanol–water partition coefficient (Wildman–Crippen LogP) is 2.82. The van der Waals surface area contributed by atoms with Gasteiger partial charge in [-0.25, -0.2) is 0 Å². The number of alkyl halides is 2. The zero-order chi connectivity index (χ0) is 22.1. The average Bonchev–Trinajstić information content (AvgIpc) is 2.73. The van der Waals surface area contributed by atoms with E-state index in [1.54, 1.807) is 6.07 Å². The third-order valence-electron chi connectivity index (χ3n) is 3.96. The number of hydrogen-bond acceptors (Lipinski definition) is 6. The Hall–Kier alpha value is -3.95. The number of halogens is 2. The van der Waals surface area contributed by atoms with Crippen molar-refractivity contribution in [1.29, 1.82) is 10.8 Å². The van der Waals surface area contributed by atoms with Crippen LogP contribution in [0.5, 0.6) is 5.75 Å². The van der Waals surface area contributed by atoms with E-state index < -0.39 is 24.0 Å². The molecular formula is C20H19F2N5O3. The van der Waals surface area contributed by atoms with Crippen molar-refractivity contribution in [2.45, 2.75) is 18.6 Å². The molecule has 0 fully saturated rings. The molecule has 30 heavy (non-hydrogen) atoms. The predicted molar refractivity (Wildman–Crippen MR) is 108 cm³/mol. The highest BCUT2D eigenvalue weighted by molar-refractivity contribution is 6.04. The highest BCUT2D eigenvalue weighted by atomic mass is 19.3. The fourth-order valence-corrected chi connectivity index (χ4v) is 2.41. The van der Waals surface area contributed by atoms with Gasteiger partial charge in [0.2, 0.25) is 5.91 Å². The summed E-state index contributed by atoms with van der Waals surface area (Å²) in [5.41, 5.74) is -0.993. The fourth-order valence-electron chi connectivity index (χ4n) is 2.41. The molecule has 1 aromatic carbocycles. The first-order valence-corrected chi connectivity index (χ1v) is 8.60. The number of rotatable bonds is 10. The van der Waals surface area contributed by atoms with E-state index in [1.807, 2.05) is 0 Å². The molecule has 1 aromatic heterocycles. The lowest BCUT2D eigenvalue weighted by molar-refractivity contribution is -0.115. The molecule has 0 unspecified atom stereocenters. The lowest BCUT2D eigenvalue weighted by Crippen LogP contribution is -2.49.